The van der Waals surface area contributed by atoms with Crippen molar-refractivity contribution in [2.75, 3.05) is 0 Å². The molecule has 2 aromatic rings. The Kier molecular flexibility index (Phi) is 1.38. The molecule has 0 fully saturated rings. The van der Waals surface area contributed by atoms with Crippen molar-refractivity contribution in [1.82, 2.24) is 19.9 Å². The van der Waals surface area contributed by atoms with Gasteiger partial charge in [0.15, 0.2) is 17.0 Å². The van der Waals surface area contributed by atoms with Crippen molar-refractivity contribution in [2.45, 2.75) is 0 Å². The molecule has 66 valence electrons. The first-order chi connectivity index (χ1) is 6.16. The van der Waals surface area contributed by atoms with Gasteiger partial charge in [0, 0.05) is 0 Å². The predicted molar refractivity (Wildman–Crippen MR) is 41.5 cm³/mol. The van der Waals surface area contributed by atoms with Gasteiger partial charge in [-0.05, 0) is 0 Å². The minimum Gasteiger partial charge on any atom is -0.476 e. The summed E-state index contributed by atoms with van der Waals surface area (Å²) >= 11 is 0. The van der Waals surface area contributed by atoms with Gasteiger partial charge in [-0.3, -0.25) is 9.97 Å². The number of H-pyrrole nitrogens is 2. The highest BCUT2D eigenvalue weighted by Crippen LogP contribution is 2.00. The lowest BCUT2D eigenvalue weighted by molar-refractivity contribution is 0.0690. The van der Waals surface area contributed by atoms with Crippen LogP contribution < -0.4 is 5.69 Å². The van der Waals surface area contributed by atoms with E-state index < -0.39 is 11.7 Å². The number of hydrogen-bond acceptors (Lipinski definition) is 4. The van der Waals surface area contributed by atoms with E-state index in [1.165, 1.54) is 0 Å². The number of carboxylic acid groups (broad SMARTS) is 1. The largest absolute Gasteiger partial charge is 0.476 e. The van der Waals surface area contributed by atoms with Crippen LogP contribution in [0, 0.1) is 0 Å². The molecule has 0 spiro atoms. The van der Waals surface area contributed by atoms with Crippen molar-refractivity contribution >= 4 is 17.3 Å². The molecule has 2 rings (SSSR count). The first-order valence-electron chi connectivity index (χ1n) is 3.35. The van der Waals surface area contributed by atoms with Gasteiger partial charge in [-0.15, -0.1) is 0 Å². The zero-order valence-electron chi connectivity index (χ0n) is 6.24. The summed E-state index contributed by atoms with van der Waals surface area (Å²) in [5.41, 5.74) is -0.278. The van der Waals surface area contributed by atoms with Crippen LogP contribution in [-0.2, 0) is 0 Å². The highest BCUT2D eigenvalue weighted by Gasteiger charge is 2.07. The minimum absolute atomic E-state index is 0.143. The Morgan fingerprint density at radius 2 is 2.08 bits per heavy atom. The molecular formula is C6H4N4O3. The van der Waals surface area contributed by atoms with E-state index in [0.29, 0.717) is 0 Å². The molecule has 0 unspecified atom stereocenters. The standard InChI is InChI=1S/C6H4N4O3/c11-5(12)2-1-7-3-4(8-2)10-6(13)9-3/h1H,(H,11,12)(H2,7,8,9,10,13). The van der Waals surface area contributed by atoms with Crippen LogP contribution >= 0.6 is 0 Å². The Balaban J connectivity index is 2.74. The molecule has 0 amide bonds. The van der Waals surface area contributed by atoms with Crippen LogP contribution in [0.5, 0.6) is 0 Å². The first-order valence-corrected chi connectivity index (χ1v) is 3.35. The number of aromatic nitrogens is 4. The molecule has 0 aliphatic rings. The highest BCUT2D eigenvalue weighted by molar-refractivity contribution is 5.86. The third-order valence-electron chi connectivity index (χ3n) is 1.46. The zero-order valence-corrected chi connectivity index (χ0v) is 6.24. The molecule has 7 nitrogen and oxygen atoms in total. The van der Waals surface area contributed by atoms with Gasteiger partial charge in [0.1, 0.15) is 0 Å². The summed E-state index contributed by atoms with van der Waals surface area (Å²) in [6.45, 7) is 0. The zero-order chi connectivity index (χ0) is 9.42. The number of fused-ring (bicyclic) bond motifs is 1. The van der Waals surface area contributed by atoms with E-state index in [0.717, 1.165) is 6.20 Å². The fourth-order valence-corrected chi connectivity index (χ4v) is 0.917. The van der Waals surface area contributed by atoms with Crippen molar-refractivity contribution in [2.24, 2.45) is 0 Å². The van der Waals surface area contributed by atoms with Crippen LogP contribution in [0.1, 0.15) is 10.5 Å². The number of aromatic carboxylic acids is 1. The third kappa shape index (κ3) is 1.15. The number of nitrogens with one attached hydrogen (secondary N) is 2. The van der Waals surface area contributed by atoms with Crippen molar-refractivity contribution in [3.05, 3.63) is 22.4 Å². The van der Waals surface area contributed by atoms with E-state index in [1.807, 2.05) is 0 Å². The molecular weight excluding hydrogens is 176 g/mol. The van der Waals surface area contributed by atoms with E-state index in [-0.39, 0.29) is 17.0 Å². The number of carbonyl (C=O) groups is 1. The molecule has 0 aromatic carbocycles. The number of imidazole rings is 1. The summed E-state index contributed by atoms with van der Waals surface area (Å²) in [5.74, 6) is -1.18. The van der Waals surface area contributed by atoms with Gasteiger partial charge in [0.2, 0.25) is 0 Å². The molecule has 7 heteroatoms. The first kappa shape index (κ1) is 7.47. The van der Waals surface area contributed by atoms with Crippen molar-refractivity contribution < 1.29 is 9.90 Å². The van der Waals surface area contributed by atoms with Gasteiger partial charge in [0.05, 0.1) is 6.20 Å². The molecule has 0 saturated carbocycles. The van der Waals surface area contributed by atoms with E-state index in [2.05, 4.69) is 19.9 Å². The third-order valence-corrected chi connectivity index (χ3v) is 1.46. The molecule has 3 N–H and O–H groups in total. The maximum atomic E-state index is 10.7. The fraction of sp³-hybridized carbons (Fsp3) is 0. The Morgan fingerprint density at radius 3 is 2.77 bits per heavy atom. The summed E-state index contributed by atoms with van der Waals surface area (Å²) in [6, 6.07) is 0. The Hall–Kier alpha value is -2.18. The summed E-state index contributed by atoms with van der Waals surface area (Å²) < 4.78 is 0. The number of nitrogens with zero attached hydrogens (tertiary/aromatic N) is 2. The van der Waals surface area contributed by atoms with Gasteiger partial charge in [-0.25, -0.2) is 19.6 Å². The second kappa shape index (κ2) is 2.41. The number of carboxylic acids is 1. The van der Waals surface area contributed by atoms with Crippen molar-refractivity contribution in [3.63, 3.8) is 0 Å². The number of hydrogen-bond donors (Lipinski definition) is 3. The second-order valence-corrected chi connectivity index (χ2v) is 2.34. The average molecular weight is 180 g/mol. The van der Waals surface area contributed by atoms with E-state index in [9.17, 15) is 9.59 Å². The number of aromatic amines is 2. The molecule has 2 aromatic heterocycles. The minimum atomic E-state index is -1.18. The molecule has 2 heterocycles. The molecule has 0 atom stereocenters. The van der Waals surface area contributed by atoms with Gasteiger partial charge in [-0.1, -0.05) is 0 Å². The summed E-state index contributed by atoms with van der Waals surface area (Å²) in [6.07, 6.45) is 1.08. The molecule has 0 bridgehead atoms. The lowest BCUT2D eigenvalue weighted by atomic mass is 10.4. The number of rotatable bonds is 1. The molecule has 0 aliphatic carbocycles. The van der Waals surface area contributed by atoms with Gasteiger partial charge >= 0.3 is 11.7 Å². The topological polar surface area (TPSA) is 112 Å². The van der Waals surface area contributed by atoms with Gasteiger partial charge in [0.25, 0.3) is 0 Å². The van der Waals surface area contributed by atoms with E-state index >= 15 is 0 Å². The molecule has 0 radical (unpaired) electrons. The van der Waals surface area contributed by atoms with Crippen LogP contribution in [0.4, 0.5) is 0 Å². The summed E-state index contributed by atoms with van der Waals surface area (Å²) in [5, 5.41) is 8.55. The maximum Gasteiger partial charge on any atom is 0.356 e. The van der Waals surface area contributed by atoms with Crippen LogP contribution in [0.3, 0.4) is 0 Å². The molecule has 0 saturated heterocycles. The van der Waals surface area contributed by atoms with Crippen LogP contribution in [0.2, 0.25) is 0 Å². The normalized spacial score (nSPS) is 10.5. The monoisotopic (exact) mass is 180 g/mol. The Bertz CT molecular complexity index is 526. The van der Waals surface area contributed by atoms with Crippen molar-refractivity contribution in [1.29, 1.82) is 0 Å². The highest BCUT2D eigenvalue weighted by atomic mass is 16.4. The lowest BCUT2D eigenvalue weighted by Gasteiger charge is -1.90. The predicted octanol–water partition coefficient (Wildman–Crippen LogP) is -0.656. The van der Waals surface area contributed by atoms with Crippen LogP contribution in [-0.4, -0.2) is 31.0 Å². The van der Waals surface area contributed by atoms with E-state index in [1.54, 1.807) is 0 Å². The molecule has 13 heavy (non-hydrogen) atoms. The lowest BCUT2D eigenvalue weighted by Crippen LogP contribution is -2.01. The SMILES string of the molecule is O=C(O)c1cnc2[nH]c(=O)[nH]c2n1. The Morgan fingerprint density at radius 1 is 1.38 bits per heavy atom. The second-order valence-electron chi connectivity index (χ2n) is 2.34. The van der Waals surface area contributed by atoms with E-state index in [4.69, 9.17) is 5.11 Å². The maximum absolute atomic E-state index is 10.7. The van der Waals surface area contributed by atoms with Crippen molar-refractivity contribution in [3.8, 4) is 0 Å². The quantitative estimate of drug-likeness (QED) is 0.539. The van der Waals surface area contributed by atoms with Crippen LogP contribution in [0.25, 0.3) is 11.3 Å². The Labute approximate surface area is 70.5 Å². The summed E-state index contributed by atoms with van der Waals surface area (Å²) in [4.78, 5) is 33.2. The van der Waals surface area contributed by atoms with Crippen LogP contribution in [0.15, 0.2) is 11.0 Å². The summed E-state index contributed by atoms with van der Waals surface area (Å²) in [7, 11) is 0. The van der Waals surface area contributed by atoms with Gasteiger partial charge < -0.3 is 5.11 Å². The smallest absolute Gasteiger partial charge is 0.356 e. The fourth-order valence-electron chi connectivity index (χ4n) is 0.917. The van der Waals surface area contributed by atoms with Gasteiger partial charge in [-0.2, -0.15) is 0 Å². The average Bonchev–Trinajstić information content (AvgIpc) is 2.42. The molecule has 0 aliphatic heterocycles.